The lowest BCUT2D eigenvalue weighted by Crippen LogP contribution is -2.40. The van der Waals surface area contributed by atoms with E-state index in [0.717, 1.165) is 30.4 Å². The molecule has 1 heterocycles. The predicted octanol–water partition coefficient (Wildman–Crippen LogP) is 3.33. The van der Waals surface area contributed by atoms with Gasteiger partial charge in [-0.2, -0.15) is 4.31 Å². The number of rotatable bonds is 4. The Kier molecular flexibility index (Phi) is 5.10. The van der Waals surface area contributed by atoms with Crippen LogP contribution in [0.25, 0.3) is 0 Å². The molecule has 0 N–H and O–H groups in total. The fraction of sp³-hybridized carbons (Fsp3) is 0.600. The van der Waals surface area contributed by atoms with Crippen LogP contribution in [-0.4, -0.2) is 31.7 Å². The van der Waals surface area contributed by atoms with Gasteiger partial charge < -0.3 is 0 Å². The summed E-state index contributed by atoms with van der Waals surface area (Å²) in [6.07, 6.45) is 2.89. The predicted molar refractivity (Wildman–Crippen MR) is 82.7 cm³/mol. The SMILES string of the molecule is Cc1ccc(S(=O)(=O)N2CCCC(CCCl)C2)c(C)c1. The minimum Gasteiger partial charge on any atom is -0.207 e. The number of aryl methyl sites for hydroxylation is 2. The zero-order valence-electron chi connectivity index (χ0n) is 12.1. The minimum atomic E-state index is -3.37. The molecule has 0 radical (unpaired) electrons. The molecule has 1 atom stereocenters. The molecule has 1 aromatic carbocycles. The zero-order valence-corrected chi connectivity index (χ0v) is 13.7. The molecule has 20 heavy (non-hydrogen) atoms. The van der Waals surface area contributed by atoms with Crippen LogP contribution in [0.5, 0.6) is 0 Å². The van der Waals surface area contributed by atoms with Gasteiger partial charge in [0.25, 0.3) is 0 Å². The van der Waals surface area contributed by atoms with E-state index >= 15 is 0 Å². The van der Waals surface area contributed by atoms with Crippen LogP contribution < -0.4 is 0 Å². The number of hydrogen-bond donors (Lipinski definition) is 0. The van der Waals surface area contributed by atoms with Crippen molar-refractivity contribution in [1.29, 1.82) is 0 Å². The number of benzene rings is 1. The average molecular weight is 316 g/mol. The van der Waals surface area contributed by atoms with E-state index in [-0.39, 0.29) is 0 Å². The van der Waals surface area contributed by atoms with Crippen molar-refractivity contribution < 1.29 is 8.42 Å². The lowest BCUT2D eigenvalue weighted by molar-refractivity contribution is 0.262. The van der Waals surface area contributed by atoms with Crippen LogP contribution in [0.1, 0.15) is 30.4 Å². The highest BCUT2D eigenvalue weighted by Crippen LogP contribution is 2.27. The van der Waals surface area contributed by atoms with Gasteiger partial charge in [-0.1, -0.05) is 17.7 Å². The van der Waals surface area contributed by atoms with Crippen molar-refractivity contribution in [2.24, 2.45) is 5.92 Å². The Morgan fingerprint density at radius 3 is 2.75 bits per heavy atom. The zero-order chi connectivity index (χ0) is 14.8. The first-order valence-corrected chi connectivity index (χ1v) is 9.06. The molecule has 0 amide bonds. The summed E-state index contributed by atoms with van der Waals surface area (Å²) >= 11 is 5.79. The quantitative estimate of drug-likeness (QED) is 0.799. The van der Waals surface area contributed by atoms with Crippen molar-refractivity contribution in [2.45, 2.75) is 38.0 Å². The van der Waals surface area contributed by atoms with Crippen LogP contribution in [0.4, 0.5) is 0 Å². The van der Waals surface area contributed by atoms with Gasteiger partial charge in [0.2, 0.25) is 10.0 Å². The Morgan fingerprint density at radius 2 is 2.10 bits per heavy atom. The third-order valence-electron chi connectivity index (χ3n) is 3.95. The number of piperidine rings is 1. The summed E-state index contributed by atoms with van der Waals surface area (Å²) in [4.78, 5) is 0.439. The number of alkyl halides is 1. The molecule has 1 unspecified atom stereocenters. The molecule has 3 nitrogen and oxygen atoms in total. The summed E-state index contributed by atoms with van der Waals surface area (Å²) in [5, 5.41) is 0. The van der Waals surface area contributed by atoms with Gasteiger partial charge in [0.1, 0.15) is 0 Å². The van der Waals surface area contributed by atoms with Crippen molar-refractivity contribution in [3.63, 3.8) is 0 Å². The number of sulfonamides is 1. The maximum Gasteiger partial charge on any atom is 0.243 e. The van der Waals surface area contributed by atoms with E-state index in [9.17, 15) is 8.42 Å². The fourth-order valence-electron chi connectivity index (χ4n) is 2.86. The summed E-state index contributed by atoms with van der Waals surface area (Å²) in [6, 6.07) is 5.51. The Morgan fingerprint density at radius 1 is 1.35 bits per heavy atom. The first-order chi connectivity index (χ1) is 9.45. The second-order valence-electron chi connectivity index (χ2n) is 5.62. The normalized spacial score (nSPS) is 21.1. The van der Waals surface area contributed by atoms with Gasteiger partial charge in [-0.3, -0.25) is 0 Å². The van der Waals surface area contributed by atoms with Crippen molar-refractivity contribution in [3.8, 4) is 0 Å². The topological polar surface area (TPSA) is 37.4 Å². The molecule has 1 aromatic rings. The Balaban J connectivity index is 2.25. The molecule has 2 rings (SSSR count). The number of nitrogens with zero attached hydrogens (tertiary/aromatic N) is 1. The smallest absolute Gasteiger partial charge is 0.207 e. The molecule has 1 aliphatic heterocycles. The van der Waals surface area contributed by atoms with E-state index in [1.54, 1.807) is 10.4 Å². The molecule has 1 saturated heterocycles. The molecule has 1 fully saturated rings. The van der Waals surface area contributed by atoms with E-state index in [1.807, 2.05) is 26.0 Å². The van der Waals surface area contributed by atoms with Crippen molar-refractivity contribution in [2.75, 3.05) is 19.0 Å². The highest BCUT2D eigenvalue weighted by atomic mass is 35.5. The molecule has 0 spiro atoms. The molecule has 1 aliphatic rings. The third kappa shape index (κ3) is 3.35. The van der Waals surface area contributed by atoms with Crippen LogP contribution in [-0.2, 0) is 10.0 Å². The third-order valence-corrected chi connectivity index (χ3v) is 6.19. The van der Waals surface area contributed by atoms with Crippen LogP contribution in [0.2, 0.25) is 0 Å². The summed E-state index contributed by atoms with van der Waals surface area (Å²) in [6.45, 7) is 5.05. The van der Waals surface area contributed by atoms with E-state index < -0.39 is 10.0 Å². The molecule has 0 bridgehead atoms. The van der Waals surface area contributed by atoms with E-state index in [1.165, 1.54) is 0 Å². The Labute approximate surface area is 127 Å². The van der Waals surface area contributed by atoms with E-state index in [2.05, 4.69) is 0 Å². The Bertz CT molecular complexity index is 569. The van der Waals surface area contributed by atoms with Gasteiger partial charge in [-0.05, 0) is 50.7 Å². The first-order valence-electron chi connectivity index (χ1n) is 7.08. The second-order valence-corrected chi connectivity index (χ2v) is 7.90. The molecular weight excluding hydrogens is 294 g/mol. The lowest BCUT2D eigenvalue weighted by Gasteiger charge is -2.32. The molecule has 5 heteroatoms. The lowest BCUT2D eigenvalue weighted by atomic mass is 9.97. The molecule has 0 aliphatic carbocycles. The standard InChI is InChI=1S/C15H22ClNO2S/c1-12-5-6-15(13(2)10-12)20(18,19)17-9-3-4-14(11-17)7-8-16/h5-6,10,14H,3-4,7-9,11H2,1-2H3. The summed E-state index contributed by atoms with van der Waals surface area (Å²) in [5.74, 6) is 0.990. The summed E-state index contributed by atoms with van der Waals surface area (Å²) in [5.41, 5.74) is 1.91. The number of hydrogen-bond acceptors (Lipinski definition) is 2. The largest absolute Gasteiger partial charge is 0.243 e. The monoisotopic (exact) mass is 315 g/mol. The van der Waals surface area contributed by atoms with Crippen LogP contribution >= 0.6 is 11.6 Å². The molecule has 112 valence electrons. The van der Waals surface area contributed by atoms with Crippen LogP contribution in [0.15, 0.2) is 23.1 Å². The number of halogens is 1. The average Bonchev–Trinajstić information content (AvgIpc) is 2.39. The van der Waals surface area contributed by atoms with E-state index in [4.69, 9.17) is 11.6 Å². The first kappa shape index (κ1) is 15.8. The van der Waals surface area contributed by atoms with Crippen LogP contribution in [0, 0.1) is 19.8 Å². The maximum atomic E-state index is 12.8. The van der Waals surface area contributed by atoms with Gasteiger partial charge in [-0.15, -0.1) is 11.6 Å². The summed E-state index contributed by atoms with van der Waals surface area (Å²) in [7, 11) is -3.37. The van der Waals surface area contributed by atoms with Crippen molar-refractivity contribution >= 4 is 21.6 Å². The van der Waals surface area contributed by atoms with Gasteiger partial charge in [-0.25, -0.2) is 8.42 Å². The van der Waals surface area contributed by atoms with Gasteiger partial charge in [0, 0.05) is 19.0 Å². The maximum absolute atomic E-state index is 12.8. The van der Waals surface area contributed by atoms with E-state index in [0.29, 0.717) is 29.8 Å². The van der Waals surface area contributed by atoms with Crippen molar-refractivity contribution in [1.82, 2.24) is 4.31 Å². The minimum absolute atomic E-state index is 0.391. The molecular formula is C15H22ClNO2S. The van der Waals surface area contributed by atoms with Gasteiger partial charge in [0.15, 0.2) is 0 Å². The van der Waals surface area contributed by atoms with Crippen LogP contribution in [0.3, 0.4) is 0 Å². The highest BCUT2D eigenvalue weighted by molar-refractivity contribution is 7.89. The Hall–Kier alpha value is -0.580. The van der Waals surface area contributed by atoms with Gasteiger partial charge >= 0.3 is 0 Å². The molecule has 0 aromatic heterocycles. The highest BCUT2D eigenvalue weighted by Gasteiger charge is 2.30. The van der Waals surface area contributed by atoms with Gasteiger partial charge in [0.05, 0.1) is 4.90 Å². The molecule has 0 saturated carbocycles. The second kappa shape index (κ2) is 6.46. The fourth-order valence-corrected chi connectivity index (χ4v) is 4.93. The van der Waals surface area contributed by atoms with Crippen molar-refractivity contribution in [3.05, 3.63) is 29.3 Å². The summed E-state index contributed by atoms with van der Waals surface area (Å²) < 4.78 is 27.2.